The van der Waals surface area contributed by atoms with E-state index >= 15 is 0 Å². The van der Waals surface area contributed by atoms with Gasteiger partial charge in [-0.25, -0.2) is 9.97 Å². The van der Waals surface area contributed by atoms with Gasteiger partial charge in [0.1, 0.15) is 16.2 Å². The maximum Gasteiger partial charge on any atom is 0.224 e. The smallest absolute Gasteiger partial charge is 0.224 e. The van der Waals surface area contributed by atoms with E-state index in [1.807, 2.05) is 24.3 Å². The van der Waals surface area contributed by atoms with Gasteiger partial charge in [-0.2, -0.15) is 5.26 Å². The molecule has 20 heavy (non-hydrogen) atoms. The number of allylic oxidation sites excluding steroid dienone is 1. The monoisotopic (exact) mass is 364 g/mol. The third-order valence-electron chi connectivity index (χ3n) is 2.61. The standard InChI is InChI=1S/C13H6BrClN4S/c14-11-5-9(18-13(15)19-11)7(6-16)12-17-8-3-1-2-4-10(8)20-12/h1-5,17H/b12-7+. The van der Waals surface area contributed by atoms with Crippen molar-refractivity contribution < 1.29 is 0 Å². The SMILES string of the molecule is N#C/C(=C1/Nc2ccccc2S1)c1cc(Br)nc(Cl)n1. The minimum Gasteiger partial charge on any atom is -0.348 e. The lowest BCUT2D eigenvalue weighted by Crippen LogP contribution is -1.97. The molecule has 0 bridgehead atoms. The van der Waals surface area contributed by atoms with Crippen LogP contribution in [0.2, 0.25) is 5.28 Å². The van der Waals surface area contributed by atoms with Crippen LogP contribution in [-0.4, -0.2) is 9.97 Å². The summed E-state index contributed by atoms with van der Waals surface area (Å²) in [6, 6.07) is 11.7. The summed E-state index contributed by atoms with van der Waals surface area (Å²) in [5.41, 5.74) is 1.91. The molecular weight excluding hydrogens is 360 g/mol. The van der Waals surface area contributed by atoms with Crippen LogP contribution in [-0.2, 0) is 0 Å². The molecule has 2 heterocycles. The van der Waals surface area contributed by atoms with E-state index in [2.05, 4.69) is 37.3 Å². The number of thioether (sulfide) groups is 1. The Balaban J connectivity index is 2.08. The predicted molar refractivity (Wildman–Crippen MR) is 83.2 cm³/mol. The highest BCUT2D eigenvalue weighted by Gasteiger charge is 2.21. The van der Waals surface area contributed by atoms with Crippen LogP contribution in [0.25, 0.3) is 5.57 Å². The third kappa shape index (κ3) is 2.52. The zero-order valence-electron chi connectivity index (χ0n) is 9.89. The molecule has 2 aromatic rings. The van der Waals surface area contributed by atoms with Gasteiger partial charge in [0.25, 0.3) is 0 Å². The zero-order valence-corrected chi connectivity index (χ0v) is 13.1. The second kappa shape index (κ2) is 5.44. The molecule has 1 aliphatic rings. The fourth-order valence-electron chi connectivity index (χ4n) is 1.77. The molecule has 0 atom stereocenters. The molecule has 0 unspecified atom stereocenters. The van der Waals surface area contributed by atoms with E-state index in [-0.39, 0.29) is 5.28 Å². The second-order valence-corrected chi connectivity index (χ2v) is 6.09. The van der Waals surface area contributed by atoms with Gasteiger partial charge in [-0.1, -0.05) is 23.9 Å². The molecule has 0 spiro atoms. The van der Waals surface area contributed by atoms with Gasteiger partial charge in [0.05, 0.1) is 16.4 Å². The van der Waals surface area contributed by atoms with Gasteiger partial charge in [0.2, 0.25) is 5.28 Å². The molecule has 0 radical (unpaired) electrons. The van der Waals surface area contributed by atoms with Gasteiger partial charge in [-0.05, 0) is 45.7 Å². The molecule has 0 saturated carbocycles. The highest BCUT2D eigenvalue weighted by molar-refractivity contribution is 9.10. The van der Waals surface area contributed by atoms with Crippen LogP contribution in [0.15, 0.2) is 44.9 Å². The molecule has 4 nitrogen and oxygen atoms in total. The van der Waals surface area contributed by atoms with Crippen molar-refractivity contribution in [3.8, 4) is 6.07 Å². The molecule has 1 aromatic heterocycles. The summed E-state index contributed by atoms with van der Waals surface area (Å²) in [6.45, 7) is 0. The average molecular weight is 366 g/mol. The first-order valence-corrected chi connectivity index (χ1v) is 7.55. The van der Waals surface area contributed by atoms with E-state index in [0.29, 0.717) is 15.9 Å². The molecular formula is C13H6BrClN4S. The number of hydrogen-bond donors (Lipinski definition) is 1. The highest BCUT2D eigenvalue weighted by Crippen LogP contribution is 2.43. The van der Waals surface area contributed by atoms with Crippen LogP contribution >= 0.6 is 39.3 Å². The van der Waals surface area contributed by atoms with Crippen molar-refractivity contribution in [2.24, 2.45) is 0 Å². The van der Waals surface area contributed by atoms with Crippen molar-refractivity contribution >= 4 is 50.6 Å². The normalized spacial score (nSPS) is 15.2. The summed E-state index contributed by atoms with van der Waals surface area (Å²) in [5, 5.41) is 13.5. The number of anilines is 1. The molecule has 7 heteroatoms. The Labute approximate surface area is 133 Å². The van der Waals surface area contributed by atoms with Gasteiger partial charge in [0.15, 0.2) is 0 Å². The van der Waals surface area contributed by atoms with Crippen LogP contribution in [0.5, 0.6) is 0 Å². The first-order valence-electron chi connectivity index (χ1n) is 5.56. The van der Waals surface area contributed by atoms with Crippen LogP contribution in [0, 0.1) is 11.3 Å². The zero-order chi connectivity index (χ0) is 14.1. The average Bonchev–Trinajstić information content (AvgIpc) is 2.81. The number of halogens is 2. The first kappa shape index (κ1) is 13.4. The molecule has 3 rings (SSSR count). The topological polar surface area (TPSA) is 61.6 Å². The number of rotatable bonds is 1. The van der Waals surface area contributed by atoms with E-state index in [1.165, 1.54) is 11.8 Å². The number of nitrogens with one attached hydrogen (secondary N) is 1. The van der Waals surface area contributed by atoms with Gasteiger partial charge in [0, 0.05) is 4.90 Å². The lowest BCUT2D eigenvalue weighted by molar-refractivity contribution is 1.12. The molecule has 0 saturated heterocycles. The number of para-hydroxylation sites is 1. The minimum atomic E-state index is 0.100. The van der Waals surface area contributed by atoms with Crippen LogP contribution < -0.4 is 5.32 Å². The number of aromatic nitrogens is 2. The first-order chi connectivity index (χ1) is 9.67. The van der Waals surface area contributed by atoms with Gasteiger partial charge >= 0.3 is 0 Å². The van der Waals surface area contributed by atoms with Crippen LogP contribution in [0.4, 0.5) is 5.69 Å². The lowest BCUT2D eigenvalue weighted by Gasteiger charge is -2.04. The van der Waals surface area contributed by atoms with Crippen molar-refractivity contribution in [2.75, 3.05) is 5.32 Å². The number of nitriles is 1. The Hall–Kier alpha value is -1.55. The van der Waals surface area contributed by atoms with Crippen molar-refractivity contribution in [1.82, 2.24) is 9.97 Å². The Morgan fingerprint density at radius 2 is 2.15 bits per heavy atom. The molecule has 1 aromatic carbocycles. The summed E-state index contributed by atoms with van der Waals surface area (Å²) < 4.78 is 0.543. The van der Waals surface area contributed by atoms with E-state index in [4.69, 9.17) is 11.6 Å². The van der Waals surface area contributed by atoms with Crippen LogP contribution in [0.3, 0.4) is 0 Å². The Bertz CT molecular complexity index is 722. The van der Waals surface area contributed by atoms with Gasteiger partial charge in [-0.15, -0.1) is 0 Å². The molecule has 98 valence electrons. The minimum absolute atomic E-state index is 0.100. The number of hydrogen-bond acceptors (Lipinski definition) is 5. The quantitative estimate of drug-likeness (QED) is 0.464. The second-order valence-electron chi connectivity index (χ2n) is 3.88. The number of benzene rings is 1. The van der Waals surface area contributed by atoms with E-state index in [1.54, 1.807) is 6.07 Å². The van der Waals surface area contributed by atoms with E-state index in [9.17, 15) is 5.26 Å². The maximum atomic E-state index is 9.42. The largest absolute Gasteiger partial charge is 0.348 e. The Morgan fingerprint density at radius 1 is 1.35 bits per heavy atom. The summed E-state index contributed by atoms with van der Waals surface area (Å²) in [6.07, 6.45) is 0. The molecule has 0 amide bonds. The fraction of sp³-hybridized carbons (Fsp3) is 0. The lowest BCUT2D eigenvalue weighted by atomic mass is 10.2. The van der Waals surface area contributed by atoms with E-state index in [0.717, 1.165) is 15.6 Å². The Morgan fingerprint density at radius 3 is 2.85 bits per heavy atom. The molecule has 1 N–H and O–H groups in total. The van der Waals surface area contributed by atoms with E-state index < -0.39 is 0 Å². The summed E-state index contributed by atoms with van der Waals surface area (Å²) >= 11 is 10.6. The highest BCUT2D eigenvalue weighted by atomic mass is 79.9. The maximum absolute atomic E-state index is 9.42. The Kier molecular flexibility index (Phi) is 3.66. The summed E-state index contributed by atoms with van der Waals surface area (Å²) in [7, 11) is 0. The molecule has 0 aliphatic carbocycles. The third-order valence-corrected chi connectivity index (χ3v) is 4.27. The fourth-order valence-corrected chi connectivity index (χ4v) is 3.45. The van der Waals surface area contributed by atoms with Gasteiger partial charge in [-0.3, -0.25) is 0 Å². The van der Waals surface area contributed by atoms with Crippen molar-refractivity contribution in [1.29, 1.82) is 5.26 Å². The van der Waals surface area contributed by atoms with Crippen molar-refractivity contribution in [3.05, 3.63) is 50.9 Å². The van der Waals surface area contributed by atoms with Crippen LogP contribution in [0.1, 0.15) is 5.69 Å². The van der Waals surface area contributed by atoms with Crippen molar-refractivity contribution in [2.45, 2.75) is 4.90 Å². The predicted octanol–water partition coefficient (Wildman–Crippen LogP) is 4.30. The number of fused-ring (bicyclic) bond motifs is 1. The summed E-state index contributed by atoms with van der Waals surface area (Å²) in [5.74, 6) is 0. The molecule has 0 fully saturated rings. The summed E-state index contributed by atoms with van der Waals surface area (Å²) in [4.78, 5) is 9.11. The van der Waals surface area contributed by atoms with Gasteiger partial charge < -0.3 is 5.32 Å². The number of nitrogens with zero attached hydrogens (tertiary/aromatic N) is 3. The molecule has 1 aliphatic heterocycles. The van der Waals surface area contributed by atoms with Crippen molar-refractivity contribution in [3.63, 3.8) is 0 Å².